The summed E-state index contributed by atoms with van der Waals surface area (Å²) in [6, 6.07) is 17.6. The molecule has 208 valence electrons. The van der Waals surface area contributed by atoms with E-state index in [4.69, 9.17) is 4.74 Å². The summed E-state index contributed by atoms with van der Waals surface area (Å²) >= 11 is 0. The molecule has 2 fully saturated rings. The number of nitrogens with one attached hydrogen (secondary N) is 1. The van der Waals surface area contributed by atoms with E-state index in [1.54, 1.807) is 30.3 Å². The molecule has 41 heavy (non-hydrogen) atoms. The number of nitrogens with zero attached hydrogens (tertiary/aromatic N) is 2. The first-order valence-corrected chi connectivity index (χ1v) is 13.9. The summed E-state index contributed by atoms with van der Waals surface area (Å²) in [6.45, 7) is 3.56. The van der Waals surface area contributed by atoms with Gasteiger partial charge >= 0.3 is 5.97 Å². The van der Waals surface area contributed by atoms with Crippen molar-refractivity contribution in [1.82, 2.24) is 14.8 Å². The molecule has 2 aliphatic rings. The van der Waals surface area contributed by atoms with Crippen molar-refractivity contribution >= 4 is 22.8 Å². The van der Waals surface area contributed by atoms with Crippen LogP contribution in [0.2, 0.25) is 0 Å². The van der Waals surface area contributed by atoms with Crippen molar-refractivity contribution in [3.8, 4) is 28.7 Å². The third-order valence-electron chi connectivity index (χ3n) is 7.91. The predicted octanol–water partition coefficient (Wildman–Crippen LogP) is 4.92. The molecule has 3 aromatic carbocycles. The highest BCUT2D eigenvalue weighted by Gasteiger charge is 2.33. The van der Waals surface area contributed by atoms with Gasteiger partial charge in [-0.2, -0.15) is 0 Å². The fourth-order valence-corrected chi connectivity index (χ4v) is 5.84. The van der Waals surface area contributed by atoms with E-state index in [1.807, 2.05) is 35.4 Å². The Morgan fingerprint density at radius 3 is 2.59 bits per heavy atom. The van der Waals surface area contributed by atoms with Gasteiger partial charge < -0.3 is 24.8 Å². The molecule has 0 radical (unpaired) electrons. The van der Waals surface area contributed by atoms with Crippen LogP contribution in [0.25, 0.3) is 22.0 Å². The molecule has 6 rings (SSSR count). The number of amides is 1. The zero-order valence-electron chi connectivity index (χ0n) is 22.6. The topological polar surface area (TPSA) is 106 Å². The quantitative estimate of drug-likeness (QED) is 0.312. The number of H-pyrrole nitrogens is 1. The number of phenolic OH excluding ortho intramolecular Hbond substituents is 1. The Bertz CT molecular complexity index is 1680. The maximum atomic E-state index is 13.6. The van der Waals surface area contributed by atoms with Gasteiger partial charge in [-0.25, -0.2) is 4.79 Å². The highest BCUT2D eigenvalue weighted by molar-refractivity contribution is 5.99. The normalized spacial score (nSPS) is 17.7. The molecule has 0 saturated carbocycles. The van der Waals surface area contributed by atoms with Crippen molar-refractivity contribution in [3.63, 3.8) is 0 Å². The van der Waals surface area contributed by atoms with Gasteiger partial charge in [0.2, 0.25) is 0 Å². The number of carbonyl (C=O) groups excluding carboxylic acids is 1. The average Bonchev–Trinajstić information content (AvgIpc) is 3.48. The number of hydrogen-bond acceptors (Lipinski definition) is 5. The number of ether oxygens (including phenoxy) is 1. The van der Waals surface area contributed by atoms with Crippen LogP contribution in [0.5, 0.6) is 5.75 Å². The van der Waals surface area contributed by atoms with E-state index in [2.05, 4.69) is 21.7 Å². The summed E-state index contributed by atoms with van der Waals surface area (Å²) in [5, 5.41) is 21.8. The van der Waals surface area contributed by atoms with E-state index in [-0.39, 0.29) is 28.9 Å². The van der Waals surface area contributed by atoms with E-state index in [1.165, 1.54) is 6.07 Å². The van der Waals surface area contributed by atoms with Gasteiger partial charge in [0.25, 0.3) is 5.91 Å². The number of aromatic hydroxyl groups is 1. The van der Waals surface area contributed by atoms with Crippen LogP contribution in [0.4, 0.5) is 0 Å². The first-order valence-electron chi connectivity index (χ1n) is 13.9. The number of aromatic carboxylic acids is 1. The molecule has 0 bridgehead atoms. The molecular formula is C33H31N3O5. The number of rotatable bonds is 4. The lowest BCUT2D eigenvalue weighted by atomic mass is 9.93. The summed E-state index contributed by atoms with van der Waals surface area (Å²) in [5.41, 5.74) is 3.65. The SMILES string of the molecule is O=C(O)c1cccc(C#Cc2ccc(C(=O)N3CCCCC3N3CCOCC3)c(O)c2)c1-c1ccc2cc[nH]c2c1. The number of morpholine rings is 1. The van der Waals surface area contributed by atoms with Gasteiger partial charge in [-0.1, -0.05) is 30.0 Å². The number of carboxylic acids is 1. The second-order valence-corrected chi connectivity index (χ2v) is 10.4. The Kier molecular flexibility index (Phi) is 7.47. The largest absolute Gasteiger partial charge is 0.507 e. The minimum absolute atomic E-state index is 0.00384. The van der Waals surface area contributed by atoms with E-state index in [9.17, 15) is 19.8 Å². The van der Waals surface area contributed by atoms with Crippen molar-refractivity contribution in [3.05, 3.63) is 89.1 Å². The zero-order valence-corrected chi connectivity index (χ0v) is 22.6. The van der Waals surface area contributed by atoms with E-state index in [0.717, 1.165) is 48.8 Å². The van der Waals surface area contributed by atoms with Crippen molar-refractivity contribution in [2.24, 2.45) is 0 Å². The van der Waals surface area contributed by atoms with E-state index >= 15 is 0 Å². The van der Waals surface area contributed by atoms with Gasteiger partial charge in [-0.15, -0.1) is 0 Å². The highest BCUT2D eigenvalue weighted by Crippen LogP contribution is 2.31. The number of fused-ring (bicyclic) bond motifs is 1. The Balaban J connectivity index is 1.29. The molecule has 8 heteroatoms. The monoisotopic (exact) mass is 549 g/mol. The van der Waals surface area contributed by atoms with Crippen molar-refractivity contribution in [1.29, 1.82) is 0 Å². The standard InChI is InChI=1S/C33H31N3O5/c37-29-20-22(8-12-26(29)32(38)36-15-2-1-6-30(36)35-16-18-41-19-17-35)7-9-24-4-3-5-27(33(39)40)31(24)25-11-10-23-13-14-34-28(23)21-25/h3-5,8,10-14,20-21,30,34,37H,1-2,6,15-19H2,(H,39,40). The summed E-state index contributed by atoms with van der Waals surface area (Å²) < 4.78 is 5.49. The summed E-state index contributed by atoms with van der Waals surface area (Å²) in [7, 11) is 0. The van der Waals surface area contributed by atoms with Crippen LogP contribution in [-0.2, 0) is 4.74 Å². The number of phenols is 1. The van der Waals surface area contributed by atoms with E-state index in [0.29, 0.717) is 36.4 Å². The highest BCUT2D eigenvalue weighted by atomic mass is 16.5. The van der Waals surface area contributed by atoms with Crippen LogP contribution >= 0.6 is 0 Å². The molecule has 3 N–H and O–H groups in total. The fraction of sp³-hybridized carbons (Fsp3) is 0.273. The summed E-state index contributed by atoms with van der Waals surface area (Å²) in [6.07, 6.45) is 4.75. The lowest BCUT2D eigenvalue weighted by Gasteiger charge is -2.44. The number of carboxylic acid groups (broad SMARTS) is 1. The predicted molar refractivity (Wildman–Crippen MR) is 156 cm³/mol. The van der Waals surface area contributed by atoms with Crippen molar-refractivity contribution in [2.45, 2.75) is 25.4 Å². The maximum Gasteiger partial charge on any atom is 0.336 e. The zero-order chi connectivity index (χ0) is 28.3. The van der Waals surface area contributed by atoms with E-state index < -0.39 is 5.97 Å². The number of carbonyl (C=O) groups is 2. The number of aromatic nitrogens is 1. The number of hydrogen-bond donors (Lipinski definition) is 3. The third kappa shape index (κ3) is 5.42. The summed E-state index contributed by atoms with van der Waals surface area (Å²) in [4.78, 5) is 33.0. The second kappa shape index (κ2) is 11.5. The van der Waals surface area contributed by atoms with Gasteiger partial charge in [0, 0.05) is 48.0 Å². The Morgan fingerprint density at radius 2 is 1.78 bits per heavy atom. The molecule has 0 spiro atoms. The first kappa shape index (κ1) is 26.6. The number of aromatic amines is 1. The van der Waals surface area contributed by atoms with Crippen LogP contribution in [0.15, 0.2) is 66.9 Å². The molecule has 1 aromatic heterocycles. The number of piperidine rings is 1. The molecule has 3 heterocycles. The van der Waals surface area contributed by atoms with Gasteiger partial charge in [0.05, 0.1) is 30.5 Å². The Hall–Kier alpha value is -4.58. The molecular weight excluding hydrogens is 518 g/mol. The van der Waals surface area contributed by atoms with Crippen LogP contribution in [0.1, 0.15) is 51.1 Å². The maximum absolute atomic E-state index is 13.6. The Labute approximate surface area is 238 Å². The molecule has 8 nitrogen and oxygen atoms in total. The summed E-state index contributed by atoms with van der Waals surface area (Å²) in [5.74, 6) is 4.82. The molecule has 2 aliphatic heterocycles. The van der Waals surface area contributed by atoms with Crippen molar-refractivity contribution < 1.29 is 24.5 Å². The molecule has 1 amide bonds. The smallest absolute Gasteiger partial charge is 0.336 e. The minimum atomic E-state index is -1.04. The van der Waals surface area contributed by atoms with Gasteiger partial charge in [-0.05, 0) is 72.7 Å². The van der Waals surface area contributed by atoms with Crippen LogP contribution < -0.4 is 0 Å². The average molecular weight is 550 g/mol. The van der Waals surface area contributed by atoms with Gasteiger partial charge in [0.15, 0.2) is 0 Å². The number of benzene rings is 3. The molecule has 2 saturated heterocycles. The lowest BCUT2D eigenvalue weighted by molar-refractivity contribution is -0.0385. The van der Waals surface area contributed by atoms with Crippen molar-refractivity contribution in [2.75, 3.05) is 32.8 Å². The van der Waals surface area contributed by atoms with Gasteiger partial charge in [0.1, 0.15) is 5.75 Å². The van der Waals surface area contributed by atoms with Gasteiger partial charge in [-0.3, -0.25) is 9.69 Å². The fourth-order valence-electron chi connectivity index (χ4n) is 5.84. The second-order valence-electron chi connectivity index (χ2n) is 10.4. The number of likely N-dealkylation sites (tertiary alicyclic amines) is 1. The molecule has 1 unspecified atom stereocenters. The lowest BCUT2D eigenvalue weighted by Crippen LogP contribution is -2.56. The third-order valence-corrected chi connectivity index (χ3v) is 7.91. The van der Waals surface area contributed by atoms with Crippen LogP contribution in [-0.4, -0.2) is 75.9 Å². The first-order chi connectivity index (χ1) is 20.0. The van der Waals surface area contributed by atoms with Crippen LogP contribution in [0.3, 0.4) is 0 Å². The Morgan fingerprint density at radius 1 is 0.927 bits per heavy atom. The molecule has 1 atom stereocenters. The molecule has 4 aromatic rings. The van der Waals surface area contributed by atoms with Crippen LogP contribution in [0, 0.1) is 11.8 Å². The molecule has 0 aliphatic carbocycles. The minimum Gasteiger partial charge on any atom is -0.507 e.